The molecular weight excluding hydrogens is 412 g/mol. The summed E-state index contributed by atoms with van der Waals surface area (Å²) in [6.07, 6.45) is 10.7. The highest BCUT2D eigenvalue weighted by Crippen LogP contribution is 2.29. The summed E-state index contributed by atoms with van der Waals surface area (Å²) in [4.78, 5) is 11.1. The van der Waals surface area contributed by atoms with Crippen molar-refractivity contribution in [2.24, 2.45) is 5.92 Å². The van der Waals surface area contributed by atoms with Gasteiger partial charge in [-0.1, -0.05) is 18.2 Å². The van der Waals surface area contributed by atoms with Crippen molar-refractivity contribution >= 4 is 21.4 Å². The molecule has 8 heteroatoms. The van der Waals surface area contributed by atoms with Gasteiger partial charge in [0.15, 0.2) is 0 Å². The van der Waals surface area contributed by atoms with Gasteiger partial charge in [-0.3, -0.25) is 4.98 Å². The molecule has 0 radical (unpaired) electrons. The molecule has 1 N–H and O–H groups in total. The van der Waals surface area contributed by atoms with Crippen LogP contribution in [0.25, 0.3) is 5.57 Å². The summed E-state index contributed by atoms with van der Waals surface area (Å²) in [5, 5.41) is 0. The first-order valence-electron chi connectivity index (χ1n) is 10.8. The molecule has 1 aliphatic heterocycles. The molecule has 31 heavy (non-hydrogen) atoms. The third-order valence-electron chi connectivity index (χ3n) is 5.98. The molecule has 0 amide bonds. The molecule has 3 unspecified atom stereocenters. The van der Waals surface area contributed by atoms with Gasteiger partial charge in [0, 0.05) is 37.4 Å². The van der Waals surface area contributed by atoms with E-state index in [0.29, 0.717) is 13.2 Å². The first-order chi connectivity index (χ1) is 15.0. The SMILES string of the molecule is CS(=O)(=O)NC1CCN(c2ccccn2)CC1COC1CC=C(c2ccccn2)CC1. The highest BCUT2D eigenvalue weighted by Gasteiger charge is 2.32. The predicted molar refractivity (Wildman–Crippen MR) is 122 cm³/mol. The van der Waals surface area contributed by atoms with E-state index in [1.807, 2.05) is 42.6 Å². The fraction of sp³-hybridized carbons (Fsp3) is 0.478. The molecule has 0 bridgehead atoms. The zero-order chi connectivity index (χ0) is 21.7. The lowest BCUT2D eigenvalue weighted by atomic mass is 9.92. The van der Waals surface area contributed by atoms with Gasteiger partial charge < -0.3 is 9.64 Å². The minimum Gasteiger partial charge on any atom is -0.377 e. The number of nitrogens with zero attached hydrogens (tertiary/aromatic N) is 3. The van der Waals surface area contributed by atoms with E-state index >= 15 is 0 Å². The molecule has 1 saturated heterocycles. The lowest BCUT2D eigenvalue weighted by molar-refractivity contribution is 0.0164. The Morgan fingerprint density at radius 2 is 1.94 bits per heavy atom. The predicted octanol–water partition coefficient (Wildman–Crippen LogP) is 2.87. The summed E-state index contributed by atoms with van der Waals surface area (Å²) in [6.45, 7) is 2.00. The molecule has 0 saturated carbocycles. The zero-order valence-electron chi connectivity index (χ0n) is 17.9. The molecule has 4 rings (SSSR count). The topological polar surface area (TPSA) is 84.4 Å². The molecule has 7 nitrogen and oxygen atoms in total. The van der Waals surface area contributed by atoms with Crippen LogP contribution in [0.1, 0.15) is 31.4 Å². The summed E-state index contributed by atoms with van der Waals surface area (Å²) in [6, 6.07) is 11.7. The van der Waals surface area contributed by atoms with Crippen molar-refractivity contribution in [3.63, 3.8) is 0 Å². The normalized spacial score (nSPS) is 24.6. The zero-order valence-corrected chi connectivity index (χ0v) is 18.7. The van der Waals surface area contributed by atoms with E-state index in [-0.39, 0.29) is 18.1 Å². The molecule has 2 aromatic rings. The van der Waals surface area contributed by atoms with Crippen molar-refractivity contribution in [3.8, 4) is 0 Å². The maximum atomic E-state index is 11.9. The Balaban J connectivity index is 1.38. The van der Waals surface area contributed by atoms with Crippen LogP contribution in [0.3, 0.4) is 0 Å². The second-order valence-corrected chi connectivity index (χ2v) is 10.1. The third kappa shape index (κ3) is 6.12. The summed E-state index contributed by atoms with van der Waals surface area (Å²) in [7, 11) is -3.28. The van der Waals surface area contributed by atoms with E-state index in [9.17, 15) is 8.42 Å². The van der Waals surface area contributed by atoms with Crippen LogP contribution >= 0.6 is 0 Å². The second-order valence-electron chi connectivity index (χ2n) is 8.35. The summed E-state index contributed by atoms with van der Waals surface area (Å²) < 4.78 is 32.9. The molecule has 0 aromatic carbocycles. The van der Waals surface area contributed by atoms with Gasteiger partial charge in [0.25, 0.3) is 0 Å². The Bertz CT molecular complexity index is 982. The number of sulfonamides is 1. The first-order valence-corrected chi connectivity index (χ1v) is 12.7. The van der Waals surface area contributed by atoms with Gasteiger partial charge in [0.05, 0.1) is 24.7 Å². The maximum absolute atomic E-state index is 11.9. The molecule has 1 aliphatic carbocycles. The molecule has 2 aromatic heterocycles. The Morgan fingerprint density at radius 1 is 1.13 bits per heavy atom. The molecule has 1 fully saturated rings. The molecular formula is C23H30N4O3S. The third-order valence-corrected chi connectivity index (χ3v) is 6.71. The van der Waals surface area contributed by atoms with Gasteiger partial charge in [0.2, 0.25) is 10.0 Å². The number of pyridine rings is 2. The molecule has 3 heterocycles. The first kappa shape index (κ1) is 21.9. The molecule has 0 spiro atoms. The van der Waals surface area contributed by atoms with Crippen molar-refractivity contribution in [3.05, 3.63) is 60.6 Å². The number of hydrogen-bond acceptors (Lipinski definition) is 6. The van der Waals surface area contributed by atoms with E-state index in [4.69, 9.17) is 4.74 Å². The number of aromatic nitrogens is 2. The van der Waals surface area contributed by atoms with Gasteiger partial charge in [-0.05, 0) is 55.5 Å². The van der Waals surface area contributed by atoms with Gasteiger partial charge in [-0.2, -0.15) is 0 Å². The minimum atomic E-state index is -3.28. The van der Waals surface area contributed by atoms with Crippen LogP contribution in [-0.2, 0) is 14.8 Å². The second kappa shape index (κ2) is 9.89. The molecule has 3 atom stereocenters. The Labute approximate surface area is 184 Å². The number of allylic oxidation sites excluding steroid dienone is 1. The van der Waals surface area contributed by atoms with Gasteiger partial charge >= 0.3 is 0 Å². The van der Waals surface area contributed by atoms with Crippen LogP contribution < -0.4 is 9.62 Å². The van der Waals surface area contributed by atoms with Crippen LogP contribution in [0.5, 0.6) is 0 Å². The van der Waals surface area contributed by atoms with Crippen molar-refractivity contribution in [1.82, 2.24) is 14.7 Å². The van der Waals surface area contributed by atoms with Crippen molar-refractivity contribution in [1.29, 1.82) is 0 Å². The molecule has 2 aliphatic rings. The quantitative estimate of drug-likeness (QED) is 0.710. The monoisotopic (exact) mass is 442 g/mol. The van der Waals surface area contributed by atoms with Crippen LogP contribution in [0.2, 0.25) is 0 Å². The number of anilines is 1. The highest BCUT2D eigenvalue weighted by atomic mass is 32.2. The lowest BCUT2D eigenvalue weighted by Crippen LogP contribution is -2.52. The van der Waals surface area contributed by atoms with Crippen LogP contribution in [0, 0.1) is 5.92 Å². The summed E-state index contributed by atoms with van der Waals surface area (Å²) >= 11 is 0. The number of ether oxygens (including phenoxy) is 1. The van der Waals surface area contributed by atoms with E-state index < -0.39 is 10.0 Å². The van der Waals surface area contributed by atoms with Crippen molar-refractivity contribution in [2.75, 3.05) is 30.9 Å². The fourth-order valence-corrected chi connectivity index (χ4v) is 5.25. The van der Waals surface area contributed by atoms with Crippen molar-refractivity contribution in [2.45, 2.75) is 37.8 Å². The number of hydrogen-bond donors (Lipinski definition) is 1. The smallest absolute Gasteiger partial charge is 0.208 e. The minimum absolute atomic E-state index is 0.0617. The summed E-state index contributed by atoms with van der Waals surface area (Å²) in [5.41, 5.74) is 2.31. The van der Waals surface area contributed by atoms with Crippen LogP contribution in [0.15, 0.2) is 54.9 Å². The van der Waals surface area contributed by atoms with E-state index in [2.05, 4.69) is 25.7 Å². The van der Waals surface area contributed by atoms with Crippen molar-refractivity contribution < 1.29 is 13.2 Å². The van der Waals surface area contributed by atoms with Crippen LogP contribution in [0.4, 0.5) is 5.82 Å². The number of rotatable bonds is 7. The van der Waals surface area contributed by atoms with E-state index in [1.165, 1.54) is 11.8 Å². The number of nitrogens with one attached hydrogen (secondary N) is 1. The Hall–Kier alpha value is -2.29. The average molecular weight is 443 g/mol. The summed E-state index contributed by atoms with van der Waals surface area (Å²) in [5.74, 6) is 0.984. The highest BCUT2D eigenvalue weighted by molar-refractivity contribution is 7.88. The Morgan fingerprint density at radius 3 is 2.58 bits per heavy atom. The van der Waals surface area contributed by atoms with Gasteiger partial charge in [-0.15, -0.1) is 0 Å². The number of piperidine rings is 1. The van der Waals surface area contributed by atoms with Crippen LogP contribution in [-0.4, -0.2) is 56.5 Å². The largest absolute Gasteiger partial charge is 0.377 e. The van der Waals surface area contributed by atoms with E-state index in [0.717, 1.165) is 43.7 Å². The Kier molecular flexibility index (Phi) is 6.99. The van der Waals surface area contributed by atoms with Gasteiger partial charge in [0.1, 0.15) is 5.82 Å². The van der Waals surface area contributed by atoms with E-state index in [1.54, 1.807) is 6.20 Å². The maximum Gasteiger partial charge on any atom is 0.208 e. The lowest BCUT2D eigenvalue weighted by Gasteiger charge is -2.39. The van der Waals surface area contributed by atoms with Gasteiger partial charge in [-0.25, -0.2) is 18.1 Å². The average Bonchev–Trinajstić information content (AvgIpc) is 2.79. The molecule has 166 valence electrons. The fourth-order valence-electron chi connectivity index (χ4n) is 4.39. The standard InChI is InChI=1S/C23H30N4O3S/c1-31(28,29)26-22-12-15-27(23-7-3-5-14-25-23)16-19(22)17-30-20-10-8-18(9-11-20)21-6-2-4-13-24-21/h2-8,13-14,19-20,22,26H,9-12,15-17H2,1H3.